The summed E-state index contributed by atoms with van der Waals surface area (Å²) in [5.74, 6) is 1.92. The minimum atomic E-state index is -0.321. The number of methoxy groups -OCH3 is 2. The fourth-order valence-electron chi connectivity index (χ4n) is 2.33. The lowest BCUT2D eigenvalue weighted by molar-refractivity contribution is -0.137. The zero-order valence-corrected chi connectivity index (χ0v) is 15.8. The number of hydrogen-bond acceptors (Lipinski definition) is 7. The van der Waals surface area contributed by atoms with E-state index in [1.54, 1.807) is 7.11 Å². The van der Waals surface area contributed by atoms with Gasteiger partial charge >= 0.3 is 5.97 Å². The summed E-state index contributed by atoms with van der Waals surface area (Å²) in [7, 11) is 2.98. The van der Waals surface area contributed by atoms with Crippen LogP contribution in [0.2, 0.25) is 0 Å². The van der Waals surface area contributed by atoms with E-state index in [1.165, 1.54) is 18.9 Å². The number of para-hydroxylation sites is 1. The molecule has 0 radical (unpaired) electrons. The average Bonchev–Trinajstić information content (AvgIpc) is 3.14. The first-order valence-corrected chi connectivity index (χ1v) is 9.16. The largest absolute Gasteiger partial charge is 0.497 e. The van der Waals surface area contributed by atoms with Gasteiger partial charge in [-0.1, -0.05) is 30.0 Å². The molecule has 2 aromatic carbocycles. The molecule has 0 bridgehead atoms. The third kappa shape index (κ3) is 4.79. The van der Waals surface area contributed by atoms with Crippen molar-refractivity contribution in [1.29, 1.82) is 0 Å². The predicted molar refractivity (Wildman–Crippen MR) is 101 cm³/mol. The van der Waals surface area contributed by atoms with Gasteiger partial charge in [0.15, 0.2) is 11.0 Å². The number of ether oxygens (including phenoxy) is 3. The van der Waals surface area contributed by atoms with Crippen LogP contribution in [0.1, 0.15) is 5.82 Å². The molecule has 0 N–H and O–H groups in total. The van der Waals surface area contributed by atoms with Gasteiger partial charge in [-0.05, 0) is 36.4 Å². The molecule has 140 valence electrons. The van der Waals surface area contributed by atoms with Gasteiger partial charge in [0.25, 0.3) is 0 Å². The predicted octanol–water partition coefficient (Wildman–Crippen LogP) is 3.12. The second-order valence-electron chi connectivity index (χ2n) is 5.40. The van der Waals surface area contributed by atoms with Gasteiger partial charge in [-0.2, -0.15) is 0 Å². The molecular formula is C19H19N3O4S. The topological polar surface area (TPSA) is 75.5 Å². The van der Waals surface area contributed by atoms with Crippen LogP contribution in [0.4, 0.5) is 0 Å². The molecule has 0 fully saturated rings. The molecular weight excluding hydrogens is 366 g/mol. The number of carbonyl (C=O) groups excluding carboxylic acids is 1. The minimum Gasteiger partial charge on any atom is -0.497 e. The summed E-state index contributed by atoms with van der Waals surface area (Å²) in [6, 6.07) is 17.0. The van der Waals surface area contributed by atoms with E-state index in [2.05, 4.69) is 10.2 Å². The first-order valence-electron chi connectivity index (χ1n) is 8.17. The first-order chi connectivity index (χ1) is 13.2. The summed E-state index contributed by atoms with van der Waals surface area (Å²) >= 11 is 1.26. The summed E-state index contributed by atoms with van der Waals surface area (Å²) < 4.78 is 17.5. The summed E-state index contributed by atoms with van der Waals surface area (Å²) in [5, 5.41) is 9.04. The summed E-state index contributed by atoms with van der Waals surface area (Å²) in [4.78, 5) is 11.5. The van der Waals surface area contributed by atoms with Crippen molar-refractivity contribution in [3.63, 3.8) is 0 Å². The van der Waals surface area contributed by atoms with Gasteiger partial charge in [-0.15, -0.1) is 10.2 Å². The summed E-state index contributed by atoms with van der Waals surface area (Å²) in [5.41, 5.74) is 0.892. The van der Waals surface area contributed by atoms with Crippen molar-refractivity contribution in [2.45, 2.75) is 11.8 Å². The van der Waals surface area contributed by atoms with E-state index in [1.807, 2.05) is 59.2 Å². The molecule has 8 heteroatoms. The van der Waals surface area contributed by atoms with Crippen LogP contribution in [0.5, 0.6) is 11.5 Å². The zero-order valence-electron chi connectivity index (χ0n) is 15.0. The maximum Gasteiger partial charge on any atom is 0.316 e. The molecule has 0 aliphatic carbocycles. The van der Waals surface area contributed by atoms with E-state index in [0.717, 1.165) is 11.4 Å². The molecule has 0 saturated carbocycles. The molecule has 0 atom stereocenters. The van der Waals surface area contributed by atoms with Crippen molar-refractivity contribution in [1.82, 2.24) is 14.8 Å². The number of aromatic nitrogens is 3. The Kier molecular flexibility index (Phi) is 6.32. The molecule has 0 unspecified atom stereocenters. The maximum absolute atomic E-state index is 11.5. The Balaban J connectivity index is 1.81. The monoisotopic (exact) mass is 385 g/mol. The van der Waals surface area contributed by atoms with Gasteiger partial charge < -0.3 is 14.2 Å². The number of carbonyl (C=O) groups is 1. The quantitative estimate of drug-likeness (QED) is 0.436. The van der Waals surface area contributed by atoms with Crippen LogP contribution in [0.3, 0.4) is 0 Å². The highest BCUT2D eigenvalue weighted by molar-refractivity contribution is 7.99. The molecule has 3 aromatic rings. The molecule has 0 spiro atoms. The number of benzene rings is 2. The molecule has 1 aromatic heterocycles. The SMILES string of the molecule is COC(=O)CSc1nnc(COc2ccc(OC)cc2)n1-c1ccccc1. The average molecular weight is 385 g/mol. The van der Waals surface area contributed by atoms with Crippen molar-refractivity contribution in [3.8, 4) is 17.2 Å². The summed E-state index contributed by atoms with van der Waals surface area (Å²) in [6.45, 7) is 0.229. The molecule has 0 saturated heterocycles. The van der Waals surface area contributed by atoms with E-state index in [0.29, 0.717) is 16.7 Å². The molecule has 0 aliphatic heterocycles. The van der Waals surface area contributed by atoms with Crippen LogP contribution < -0.4 is 9.47 Å². The molecule has 27 heavy (non-hydrogen) atoms. The Bertz CT molecular complexity index is 882. The highest BCUT2D eigenvalue weighted by atomic mass is 32.2. The third-order valence-corrected chi connectivity index (χ3v) is 4.59. The normalized spacial score (nSPS) is 10.4. The van der Waals surface area contributed by atoms with Crippen molar-refractivity contribution >= 4 is 17.7 Å². The Morgan fingerprint density at radius 3 is 2.37 bits per heavy atom. The van der Waals surface area contributed by atoms with E-state index < -0.39 is 0 Å². The molecule has 0 aliphatic rings. The Labute approximate surface area is 161 Å². The van der Waals surface area contributed by atoms with Crippen molar-refractivity contribution in [2.75, 3.05) is 20.0 Å². The highest BCUT2D eigenvalue weighted by Gasteiger charge is 2.16. The lowest BCUT2D eigenvalue weighted by Crippen LogP contribution is -2.08. The van der Waals surface area contributed by atoms with Crippen LogP contribution in [0.25, 0.3) is 5.69 Å². The van der Waals surface area contributed by atoms with E-state index in [4.69, 9.17) is 14.2 Å². The van der Waals surface area contributed by atoms with Crippen LogP contribution in [-0.2, 0) is 16.1 Å². The zero-order chi connectivity index (χ0) is 19.1. The number of nitrogens with zero attached hydrogens (tertiary/aromatic N) is 3. The number of rotatable bonds is 8. The summed E-state index contributed by atoms with van der Waals surface area (Å²) in [6.07, 6.45) is 0. The van der Waals surface area contributed by atoms with Gasteiger partial charge in [0.1, 0.15) is 18.1 Å². The van der Waals surface area contributed by atoms with E-state index in [-0.39, 0.29) is 18.3 Å². The smallest absolute Gasteiger partial charge is 0.316 e. The van der Waals surface area contributed by atoms with Gasteiger partial charge in [0, 0.05) is 5.69 Å². The van der Waals surface area contributed by atoms with Crippen LogP contribution in [-0.4, -0.2) is 40.7 Å². The third-order valence-electron chi connectivity index (χ3n) is 3.69. The molecule has 7 nitrogen and oxygen atoms in total. The van der Waals surface area contributed by atoms with Gasteiger partial charge in [0.2, 0.25) is 0 Å². The molecule has 3 rings (SSSR count). The Hall–Kier alpha value is -3.00. The van der Waals surface area contributed by atoms with Crippen molar-refractivity contribution < 1.29 is 19.0 Å². The van der Waals surface area contributed by atoms with Gasteiger partial charge in [-0.25, -0.2) is 0 Å². The first kappa shape index (κ1) is 18.8. The Morgan fingerprint density at radius 1 is 1.00 bits per heavy atom. The minimum absolute atomic E-state index is 0.154. The van der Waals surface area contributed by atoms with Crippen molar-refractivity contribution in [2.24, 2.45) is 0 Å². The molecule has 1 heterocycles. The second-order valence-corrected chi connectivity index (χ2v) is 6.34. The lowest BCUT2D eigenvalue weighted by atomic mass is 10.3. The standard InChI is InChI=1S/C19H19N3O4S/c1-24-15-8-10-16(11-9-15)26-12-17-20-21-19(27-13-18(23)25-2)22(17)14-6-4-3-5-7-14/h3-11H,12-13H2,1-2H3. The maximum atomic E-state index is 11.5. The Morgan fingerprint density at radius 2 is 1.70 bits per heavy atom. The fraction of sp³-hybridized carbons (Fsp3) is 0.211. The van der Waals surface area contributed by atoms with Crippen molar-refractivity contribution in [3.05, 3.63) is 60.4 Å². The van der Waals surface area contributed by atoms with Crippen LogP contribution in [0, 0.1) is 0 Å². The second kappa shape index (κ2) is 9.09. The molecule has 0 amide bonds. The van der Waals surface area contributed by atoms with Crippen LogP contribution in [0.15, 0.2) is 59.8 Å². The van der Waals surface area contributed by atoms with E-state index >= 15 is 0 Å². The number of esters is 1. The van der Waals surface area contributed by atoms with Gasteiger partial charge in [0.05, 0.1) is 20.0 Å². The highest BCUT2D eigenvalue weighted by Crippen LogP contribution is 2.24. The van der Waals surface area contributed by atoms with Crippen LogP contribution >= 0.6 is 11.8 Å². The number of hydrogen-bond donors (Lipinski definition) is 0. The lowest BCUT2D eigenvalue weighted by Gasteiger charge is -2.11. The van der Waals surface area contributed by atoms with Gasteiger partial charge in [-0.3, -0.25) is 9.36 Å². The fourth-order valence-corrected chi connectivity index (χ4v) is 3.13. The number of thioether (sulfide) groups is 1. The van der Waals surface area contributed by atoms with E-state index in [9.17, 15) is 4.79 Å².